The number of piperidine rings is 1. The molecule has 1 heterocycles. The molecular weight excluding hydrogens is 254 g/mol. The lowest BCUT2D eigenvalue weighted by molar-refractivity contribution is -0.141. The Morgan fingerprint density at radius 1 is 1.50 bits per heavy atom. The van der Waals surface area contributed by atoms with E-state index in [0.717, 1.165) is 19.1 Å². The molecule has 1 atom stereocenters. The summed E-state index contributed by atoms with van der Waals surface area (Å²) in [6, 6.07) is -0.189. The summed E-state index contributed by atoms with van der Waals surface area (Å²) in [6.45, 7) is 5.00. The van der Waals surface area contributed by atoms with E-state index in [1.807, 2.05) is 13.8 Å². The Hall–Kier alpha value is -0.660. The number of nitrogens with two attached hydrogens (primary N) is 1. The van der Waals surface area contributed by atoms with Gasteiger partial charge in [0.15, 0.2) is 0 Å². The number of hydrogen-bond acceptors (Lipinski definition) is 4. The van der Waals surface area contributed by atoms with E-state index >= 15 is 0 Å². The lowest BCUT2D eigenvalue weighted by atomic mass is 9.90. The molecule has 0 aliphatic carbocycles. The van der Waals surface area contributed by atoms with Crippen molar-refractivity contribution in [1.82, 2.24) is 9.62 Å². The van der Waals surface area contributed by atoms with Crippen molar-refractivity contribution in [2.45, 2.75) is 32.7 Å². The predicted octanol–water partition coefficient (Wildman–Crippen LogP) is -0.488. The Labute approximate surface area is 109 Å². The zero-order chi connectivity index (χ0) is 14.0. The number of carbonyl (C=O) groups excluding carboxylic acids is 1. The third-order valence-corrected chi connectivity index (χ3v) is 3.94. The first-order valence-electron chi connectivity index (χ1n) is 6.12. The SMILES string of the molecule is CC(C)(CN)C(=O)N1CCCC(NS(C)(=O)=O)C1. The Balaban J connectivity index is 2.67. The van der Waals surface area contributed by atoms with E-state index in [0.29, 0.717) is 13.1 Å². The molecule has 1 aliphatic heterocycles. The van der Waals surface area contributed by atoms with Gasteiger partial charge in [0.2, 0.25) is 15.9 Å². The first-order chi connectivity index (χ1) is 8.15. The number of likely N-dealkylation sites (tertiary alicyclic amines) is 1. The molecule has 0 radical (unpaired) electrons. The highest BCUT2D eigenvalue weighted by Crippen LogP contribution is 2.20. The number of nitrogens with one attached hydrogen (secondary N) is 1. The first-order valence-corrected chi connectivity index (χ1v) is 8.01. The molecule has 1 amide bonds. The molecule has 1 fully saturated rings. The second-order valence-corrected chi connectivity index (χ2v) is 7.35. The Morgan fingerprint density at radius 2 is 2.11 bits per heavy atom. The van der Waals surface area contributed by atoms with Crippen molar-refractivity contribution in [3.05, 3.63) is 0 Å². The molecule has 0 aromatic heterocycles. The van der Waals surface area contributed by atoms with Crippen LogP contribution in [0.2, 0.25) is 0 Å². The van der Waals surface area contributed by atoms with Crippen LogP contribution in [0.15, 0.2) is 0 Å². The third kappa shape index (κ3) is 4.22. The van der Waals surface area contributed by atoms with Crippen molar-refractivity contribution < 1.29 is 13.2 Å². The van der Waals surface area contributed by atoms with Crippen molar-refractivity contribution >= 4 is 15.9 Å². The smallest absolute Gasteiger partial charge is 0.229 e. The first kappa shape index (κ1) is 15.4. The molecule has 18 heavy (non-hydrogen) atoms. The summed E-state index contributed by atoms with van der Waals surface area (Å²) in [6.07, 6.45) is 2.71. The van der Waals surface area contributed by atoms with Crippen LogP contribution in [-0.4, -0.2) is 51.2 Å². The standard InChI is InChI=1S/C11H23N3O3S/c1-11(2,8-12)10(15)14-6-4-5-9(7-14)13-18(3,16)17/h9,13H,4-8,12H2,1-3H3. The number of hydrogen-bond donors (Lipinski definition) is 2. The second kappa shape index (κ2) is 5.54. The van der Waals surface area contributed by atoms with Gasteiger partial charge in [-0.05, 0) is 26.7 Å². The minimum Gasteiger partial charge on any atom is -0.341 e. The fourth-order valence-electron chi connectivity index (χ4n) is 2.08. The van der Waals surface area contributed by atoms with Crippen LogP contribution in [0.25, 0.3) is 0 Å². The summed E-state index contributed by atoms with van der Waals surface area (Å²) in [5, 5.41) is 0. The molecule has 7 heteroatoms. The van der Waals surface area contributed by atoms with E-state index in [2.05, 4.69) is 4.72 Å². The number of amides is 1. The van der Waals surface area contributed by atoms with E-state index in [4.69, 9.17) is 5.73 Å². The molecule has 1 unspecified atom stereocenters. The lowest BCUT2D eigenvalue weighted by Gasteiger charge is -2.37. The van der Waals surface area contributed by atoms with Crippen LogP contribution < -0.4 is 10.5 Å². The molecule has 106 valence electrons. The summed E-state index contributed by atoms with van der Waals surface area (Å²) >= 11 is 0. The van der Waals surface area contributed by atoms with Crippen molar-refractivity contribution in [2.24, 2.45) is 11.1 Å². The van der Waals surface area contributed by atoms with E-state index in [-0.39, 0.29) is 18.5 Å². The van der Waals surface area contributed by atoms with Gasteiger partial charge in [0.05, 0.1) is 11.7 Å². The van der Waals surface area contributed by atoms with Crippen LogP contribution in [0.1, 0.15) is 26.7 Å². The van der Waals surface area contributed by atoms with E-state index in [1.54, 1.807) is 4.90 Å². The normalized spacial score (nSPS) is 22.0. The third-order valence-electron chi connectivity index (χ3n) is 3.18. The molecule has 3 N–H and O–H groups in total. The molecule has 1 saturated heterocycles. The van der Waals surface area contributed by atoms with E-state index < -0.39 is 15.4 Å². The Bertz CT molecular complexity index is 406. The average molecular weight is 277 g/mol. The van der Waals surface area contributed by atoms with Crippen molar-refractivity contribution in [3.8, 4) is 0 Å². The maximum atomic E-state index is 12.2. The topological polar surface area (TPSA) is 92.5 Å². The maximum absolute atomic E-state index is 12.2. The van der Waals surface area contributed by atoms with Gasteiger partial charge in [0.1, 0.15) is 0 Å². The molecule has 1 aliphatic rings. The van der Waals surface area contributed by atoms with Crippen LogP contribution in [0.5, 0.6) is 0 Å². The van der Waals surface area contributed by atoms with Gasteiger partial charge in [-0.2, -0.15) is 0 Å². The van der Waals surface area contributed by atoms with Crippen molar-refractivity contribution in [1.29, 1.82) is 0 Å². The minimum absolute atomic E-state index is 0.00926. The predicted molar refractivity (Wildman–Crippen MR) is 70.4 cm³/mol. The largest absolute Gasteiger partial charge is 0.341 e. The number of sulfonamides is 1. The van der Waals surface area contributed by atoms with Gasteiger partial charge in [-0.3, -0.25) is 4.79 Å². The lowest BCUT2D eigenvalue weighted by Crippen LogP contribution is -2.53. The number of rotatable bonds is 4. The van der Waals surface area contributed by atoms with Gasteiger partial charge < -0.3 is 10.6 Å². The zero-order valence-electron chi connectivity index (χ0n) is 11.3. The Morgan fingerprint density at radius 3 is 2.61 bits per heavy atom. The van der Waals surface area contributed by atoms with Crippen LogP contribution in [0, 0.1) is 5.41 Å². The van der Waals surface area contributed by atoms with Crippen LogP contribution in [0.4, 0.5) is 0 Å². The van der Waals surface area contributed by atoms with Gasteiger partial charge in [0.25, 0.3) is 0 Å². The molecule has 0 spiro atoms. The molecular formula is C11H23N3O3S. The summed E-state index contributed by atoms with van der Waals surface area (Å²) in [5.41, 5.74) is 5.00. The fraction of sp³-hybridized carbons (Fsp3) is 0.909. The van der Waals surface area contributed by atoms with Crippen molar-refractivity contribution in [2.75, 3.05) is 25.9 Å². The minimum atomic E-state index is -3.23. The average Bonchev–Trinajstić information content (AvgIpc) is 2.26. The highest BCUT2D eigenvalue weighted by atomic mass is 32.2. The second-order valence-electron chi connectivity index (χ2n) is 5.57. The van der Waals surface area contributed by atoms with Gasteiger partial charge >= 0.3 is 0 Å². The van der Waals surface area contributed by atoms with Crippen LogP contribution >= 0.6 is 0 Å². The van der Waals surface area contributed by atoms with Crippen LogP contribution in [-0.2, 0) is 14.8 Å². The molecule has 6 nitrogen and oxygen atoms in total. The highest BCUT2D eigenvalue weighted by Gasteiger charge is 2.33. The van der Waals surface area contributed by atoms with Gasteiger partial charge in [0, 0.05) is 25.7 Å². The summed E-state index contributed by atoms with van der Waals surface area (Å²) in [4.78, 5) is 13.9. The summed E-state index contributed by atoms with van der Waals surface area (Å²) in [7, 11) is -3.23. The monoisotopic (exact) mass is 277 g/mol. The van der Waals surface area contributed by atoms with Crippen molar-refractivity contribution in [3.63, 3.8) is 0 Å². The number of nitrogens with zero attached hydrogens (tertiary/aromatic N) is 1. The molecule has 0 bridgehead atoms. The number of carbonyl (C=O) groups is 1. The summed E-state index contributed by atoms with van der Waals surface area (Å²) in [5.74, 6) is -0.00926. The van der Waals surface area contributed by atoms with Gasteiger partial charge in [-0.25, -0.2) is 13.1 Å². The van der Waals surface area contributed by atoms with E-state index in [1.165, 1.54) is 0 Å². The fourth-order valence-corrected chi connectivity index (χ4v) is 2.87. The Kier molecular flexibility index (Phi) is 4.74. The maximum Gasteiger partial charge on any atom is 0.229 e. The van der Waals surface area contributed by atoms with Gasteiger partial charge in [-0.1, -0.05) is 0 Å². The molecule has 0 aromatic carbocycles. The van der Waals surface area contributed by atoms with E-state index in [9.17, 15) is 13.2 Å². The molecule has 0 saturated carbocycles. The zero-order valence-corrected chi connectivity index (χ0v) is 12.1. The molecule has 0 aromatic rings. The molecule has 1 rings (SSSR count). The summed E-state index contributed by atoms with van der Waals surface area (Å²) < 4.78 is 24.9. The van der Waals surface area contributed by atoms with Crippen LogP contribution in [0.3, 0.4) is 0 Å². The quantitative estimate of drug-likeness (QED) is 0.725. The van der Waals surface area contributed by atoms with Gasteiger partial charge in [-0.15, -0.1) is 0 Å². The highest BCUT2D eigenvalue weighted by molar-refractivity contribution is 7.88.